The van der Waals surface area contributed by atoms with Crippen LogP contribution in [0.15, 0.2) is 54.6 Å². The molecule has 84 valence electrons. The third-order valence-electron chi connectivity index (χ3n) is 3.23. The first kappa shape index (κ1) is 10.6. The lowest BCUT2D eigenvalue weighted by Crippen LogP contribution is -1.91. The molecule has 0 saturated heterocycles. The molecule has 0 amide bonds. The van der Waals surface area contributed by atoms with E-state index in [-0.39, 0.29) is 0 Å². The minimum absolute atomic E-state index is 0.665. The standard InChI is InChI=1S/C16H13Cl/c17-10-9-16-14-7-3-1-5-12(14)11-13-6-2-4-8-15(13)16/h1-8,11H,9-10H2. The molecule has 0 heterocycles. The van der Waals surface area contributed by atoms with Crippen molar-refractivity contribution in [2.45, 2.75) is 6.42 Å². The van der Waals surface area contributed by atoms with Gasteiger partial charge < -0.3 is 0 Å². The van der Waals surface area contributed by atoms with Gasteiger partial charge in [0.15, 0.2) is 0 Å². The van der Waals surface area contributed by atoms with Crippen molar-refractivity contribution in [1.82, 2.24) is 0 Å². The molecule has 0 aliphatic carbocycles. The van der Waals surface area contributed by atoms with Crippen molar-refractivity contribution in [3.63, 3.8) is 0 Å². The smallest absolute Gasteiger partial charge is 0.0264 e. The van der Waals surface area contributed by atoms with E-state index in [2.05, 4.69) is 54.6 Å². The van der Waals surface area contributed by atoms with Gasteiger partial charge in [0.2, 0.25) is 0 Å². The summed E-state index contributed by atoms with van der Waals surface area (Å²) < 4.78 is 0. The zero-order valence-electron chi connectivity index (χ0n) is 9.49. The number of hydrogen-bond acceptors (Lipinski definition) is 0. The van der Waals surface area contributed by atoms with Crippen LogP contribution in [0.5, 0.6) is 0 Å². The van der Waals surface area contributed by atoms with Crippen LogP contribution in [0, 0.1) is 0 Å². The largest absolute Gasteiger partial charge is 0.126 e. The molecule has 0 spiro atoms. The molecule has 3 rings (SSSR count). The van der Waals surface area contributed by atoms with Crippen LogP contribution in [-0.4, -0.2) is 5.88 Å². The summed E-state index contributed by atoms with van der Waals surface area (Å²) in [4.78, 5) is 0. The van der Waals surface area contributed by atoms with Crippen LogP contribution < -0.4 is 0 Å². The van der Waals surface area contributed by atoms with E-state index in [0.717, 1.165) is 6.42 Å². The molecule has 0 fully saturated rings. The average Bonchev–Trinajstić information content (AvgIpc) is 2.39. The van der Waals surface area contributed by atoms with Gasteiger partial charge in [-0.2, -0.15) is 0 Å². The molecule has 0 N–H and O–H groups in total. The highest BCUT2D eigenvalue weighted by Crippen LogP contribution is 2.28. The highest BCUT2D eigenvalue weighted by atomic mass is 35.5. The summed E-state index contributed by atoms with van der Waals surface area (Å²) in [6.45, 7) is 0. The molecule has 0 aliphatic heterocycles. The number of fused-ring (bicyclic) bond motifs is 2. The van der Waals surface area contributed by atoms with Crippen molar-refractivity contribution >= 4 is 33.1 Å². The van der Waals surface area contributed by atoms with Crippen LogP contribution in [0.2, 0.25) is 0 Å². The van der Waals surface area contributed by atoms with Gasteiger partial charge in [-0.3, -0.25) is 0 Å². The topological polar surface area (TPSA) is 0 Å². The first-order valence-electron chi connectivity index (χ1n) is 5.85. The van der Waals surface area contributed by atoms with Gasteiger partial charge in [0, 0.05) is 5.88 Å². The predicted octanol–water partition coefficient (Wildman–Crippen LogP) is 4.77. The lowest BCUT2D eigenvalue weighted by molar-refractivity contribution is 1.19. The number of alkyl halides is 1. The maximum absolute atomic E-state index is 5.94. The minimum atomic E-state index is 0.665. The minimum Gasteiger partial charge on any atom is -0.126 e. The fourth-order valence-corrected chi connectivity index (χ4v) is 2.66. The number of hydrogen-bond donors (Lipinski definition) is 0. The van der Waals surface area contributed by atoms with Crippen LogP contribution in [0.4, 0.5) is 0 Å². The van der Waals surface area contributed by atoms with E-state index in [4.69, 9.17) is 11.6 Å². The Balaban J connectivity index is 2.47. The summed E-state index contributed by atoms with van der Waals surface area (Å²) in [5.41, 5.74) is 1.37. The number of rotatable bonds is 2. The van der Waals surface area contributed by atoms with Crippen LogP contribution in [0.1, 0.15) is 5.56 Å². The van der Waals surface area contributed by atoms with Crippen molar-refractivity contribution in [1.29, 1.82) is 0 Å². The second kappa shape index (κ2) is 4.38. The normalized spacial score (nSPS) is 11.1. The Hall–Kier alpha value is -1.53. The first-order chi connectivity index (χ1) is 8.40. The van der Waals surface area contributed by atoms with Gasteiger partial charge in [-0.15, -0.1) is 11.6 Å². The summed E-state index contributed by atoms with van der Waals surface area (Å²) in [6, 6.07) is 19.3. The van der Waals surface area contributed by atoms with Crippen LogP contribution in [-0.2, 0) is 6.42 Å². The molecule has 3 aromatic carbocycles. The van der Waals surface area contributed by atoms with Crippen molar-refractivity contribution < 1.29 is 0 Å². The Morgan fingerprint density at radius 2 is 1.29 bits per heavy atom. The Labute approximate surface area is 106 Å². The lowest BCUT2D eigenvalue weighted by atomic mass is 9.95. The number of benzene rings is 3. The third-order valence-corrected chi connectivity index (χ3v) is 3.42. The second-order valence-electron chi connectivity index (χ2n) is 4.24. The molecule has 17 heavy (non-hydrogen) atoms. The lowest BCUT2D eigenvalue weighted by Gasteiger charge is -2.10. The SMILES string of the molecule is ClCCc1c2ccccc2cc2ccccc12. The van der Waals surface area contributed by atoms with E-state index in [1.165, 1.54) is 27.1 Å². The van der Waals surface area contributed by atoms with Crippen molar-refractivity contribution in [2.75, 3.05) is 5.88 Å². The van der Waals surface area contributed by atoms with Gasteiger partial charge in [0.1, 0.15) is 0 Å². The van der Waals surface area contributed by atoms with Gasteiger partial charge in [0.25, 0.3) is 0 Å². The molecule has 3 aromatic rings. The van der Waals surface area contributed by atoms with E-state index >= 15 is 0 Å². The van der Waals surface area contributed by atoms with Crippen LogP contribution in [0.3, 0.4) is 0 Å². The predicted molar refractivity (Wildman–Crippen MR) is 75.9 cm³/mol. The summed E-state index contributed by atoms with van der Waals surface area (Å²) in [5, 5.41) is 5.25. The second-order valence-corrected chi connectivity index (χ2v) is 4.61. The summed E-state index contributed by atoms with van der Waals surface area (Å²) >= 11 is 5.94. The van der Waals surface area contributed by atoms with E-state index < -0.39 is 0 Å². The van der Waals surface area contributed by atoms with E-state index in [1.54, 1.807) is 0 Å². The van der Waals surface area contributed by atoms with Gasteiger partial charge in [-0.1, -0.05) is 48.5 Å². The number of halogens is 1. The Morgan fingerprint density at radius 3 is 1.82 bits per heavy atom. The Morgan fingerprint density at radius 1 is 0.765 bits per heavy atom. The zero-order valence-corrected chi connectivity index (χ0v) is 10.2. The molecular formula is C16H13Cl. The molecule has 0 nitrogen and oxygen atoms in total. The zero-order chi connectivity index (χ0) is 11.7. The van der Waals surface area contributed by atoms with Crippen molar-refractivity contribution in [2.24, 2.45) is 0 Å². The van der Waals surface area contributed by atoms with Gasteiger partial charge in [-0.25, -0.2) is 0 Å². The van der Waals surface area contributed by atoms with Crippen LogP contribution >= 0.6 is 11.6 Å². The maximum Gasteiger partial charge on any atom is 0.0264 e. The van der Waals surface area contributed by atoms with E-state index in [9.17, 15) is 0 Å². The van der Waals surface area contributed by atoms with E-state index in [1.807, 2.05) is 0 Å². The molecule has 0 atom stereocenters. The Kier molecular flexibility index (Phi) is 2.74. The molecule has 0 saturated carbocycles. The molecule has 0 radical (unpaired) electrons. The summed E-state index contributed by atoms with van der Waals surface area (Å²) in [7, 11) is 0. The summed E-state index contributed by atoms with van der Waals surface area (Å²) in [5.74, 6) is 0.665. The molecule has 0 aromatic heterocycles. The molecule has 0 aliphatic rings. The van der Waals surface area contributed by atoms with Gasteiger partial charge >= 0.3 is 0 Å². The van der Waals surface area contributed by atoms with E-state index in [0.29, 0.717) is 5.88 Å². The van der Waals surface area contributed by atoms with Crippen molar-refractivity contribution in [3.8, 4) is 0 Å². The maximum atomic E-state index is 5.94. The average molecular weight is 241 g/mol. The van der Waals surface area contributed by atoms with Gasteiger partial charge in [0.05, 0.1) is 0 Å². The van der Waals surface area contributed by atoms with Crippen molar-refractivity contribution in [3.05, 3.63) is 60.2 Å². The molecule has 1 heteroatoms. The third kappa shape index (κ3) is 1.79. The molecular weight excluding hydrogens is 228 g/mol. The van der Waals surface area contributed by atoms with Crippen LogP contribution in [0.25, 0.3) is 21.5 Å². The van der Waals surface area contributed by atoms with Gasteiger partial charge in [-0.05, 0) is 39.6 Å². The Bertz CT molecular complexity index is 616. The fraction of sp³-hybridized carbons (Fsp3) is 0.125. The monoisotopic (exact) mass is 240 g/mol. The highest BCUT2D eigenvalue weighted by Gasteiger charge is 2.05. The fourth-order valence-electron chi connectivity index (χ4n) is 2.47. The number of aryl methyl sites for hydroxylation is 1. The first-order valence-corrected chi connectivity index (χ1v) is 6.39. The highest BCUT2D eigenvalue weighted by molar-refractivity contribution is 6.18. The molecule has 0 bridgehead atoms. The quantitative estimate of drug-likeness (QED) is 0.447. The molecule has 0 unspecified atom stereocenters. The summed E-state index contributed by atoms with van der Waals surface area (Å²) in [6.07, 6.45) is 0.920.